The molecule has 1 aromatic heterocycles. The Labute approximate surface area is 192 Å². The molecule has 32 heavy (non-hydrogen) atoms. The standard InChI is InChI=1S/C25H27ClN4O2/c26-22-14-21(25(32)29-23(22)27)24(31)28-15-17-10-12-30(13-11-17)16-19-8-4-5-9-20(19)18-6-2-1-3-7-18/h1-9,14,17H,10-13,15-16H2,(H,28,31)(H3,27,29,32). The van der Waals surface area contributed by atoms with Gasteiger partial charge in [0.25, 0.3) is 11.5 Å². The number of nitrogens with one attached hydrogen (secondary N) is 2. The molecule has 1 saturated heterocycles. The van der Waals surface area contributed by atoms with E-state index >= 15 is 0 Å². The van der Waals surface area contributed by atoms with Crippen LogP contribution in [-0.2, 0) is 6.54 Å². The Morgan fingerprint density at radius 2 is 1.78 bits per heavy atom. The van der Waals surface area contributed by atoms with Gasteiger partial charge in [-0.2, -0.15) is 0 Å². The van der Waals surface area contributed by atoms with Crippen molar-refractivity contribution in [3.63, 3.8) is 0 Å². The number of anilines is 1. The Hall–Kier alpha value is -3.09. The molecule has 0 unspecified atom stereocenters. The quantitative estimate of drug-likeness (QED) is 0.530. The van der Waals surface area contributed by atoms with E-state index in [9.17, 15) is 9.59 Å². The van der Waals surface area contributed by atoms with Crippen LogP contribution in [0.4, 0.5) is 5.82 Å². The first-order valence-corrected chi connectivity index (χ1v) is 11.2. The zero-order valence-electron chi connectivity index (χ0n) is 17.8. The number of H-pyrrole nitrogens is 1. The predicted octanol–water partition coefficient (Wildman–Crippen LogP) is 3.92. The molecule has 4 rings (SSSR count). The van der Waals surface area contributed by atoms with Crippen molar-refractivity contribution < 1.29 is 4.79 Å². The van der Waals surface area contributed by atoms with Gasteiger partial charge in [-0.3, -0.25) is 14.5 Å². The summed E-state index contributed by atoms with van der Waals surface area (Å²) in [5.41, 5.74) is 8.85. The van der Waals surface area contributed by atoms with Crippen molar-refractivity contribution in [1.82, 2.24) is 15.2 Å². The molecule has 2 aromatic carbocycles. The average Bonchev–Trinajstić information content (AvgIpc) is 2.82. The fraction of sp³-hybridized carbons (Fsp3) is 0.280. The molecule has 1 fully saturated rings. The summed E-state index contributed by atoms with van der Waals surface area (Å²) in [7, 11) is 0. The number of carbonyl (C=O) groups is 1. The molecule has 7 heteroatoms. The number of aromatic amines is 1. The molecule has 0 spiro atoms. The lowest BCUT2D eigenvalue weighted by atomic mass is 9.95. The number of amides is 1. The highest BCUT2D eigenvalue weighted by Crippen LogP contribution is 2.26. The van der Waals surface area contributed by atoms with E-state index < -0.39 is 11.5 Å². The van der Waals surface area contributed by atoms with E-state index in [-0.39, 0.29) is 16.4 Å². The lowest BCUT2D eigenvalue weighted by molar-refractivity contribution is 0.0933. The SMILES string of the molecule is Nc1[nH]c(=O)c(C(=O)NCC2CCN(Cc3ccccc3-c3ccccc3)CC2)cc1Cl. The molecule has 0 bridgehead atoms. The third kappa shape index (κ3) is 5.21. The minimum absolute atomic E-state index is 0.0147. The third-order valence-corrected chi connectivity index (χ3v) is 6.33. The van der Waals surface area contributed by atoms with Gasteiger partial charge in [0.05, 0.1) is 5.02 Å². The summed E-state index contributed by atoms with van der Waals surface area (Å²) in [6, 6.07) is 20.3. The van der Waals surface area contributed by atoms with E-state index in [4.69, 9.17) is 17.3 Å². The molecule has 166 valence electrons. The first-order chi connectivity index (χ1) is 15.5. The number of benzene rings is 2. The van der Waals surface area contributed by atoms with Crippen LogP contribution < -0.4 is 16.6 Å². The van der Waals surface area contributed by atoms with Crippen LogP contribution >= 0.6 is 11.6 Å². The number of aromatic nitrogens is 1. The van der Waals surface area contributed by atoms with Gasteiger partial charge < -0.3 is 16.0 Å². The number of hydrogen-bond acceptors (Lipinski definition) is 4. The van der Waals surface area contributed by atoms with Crippen molar-refractivity contribution in [3.8, 4) is 11.1 Å². The number of nitrogen functional groups attached to an aromatic ring is 1. The average molecular weight is 451 g/mol. The van der Waals surface area contributed by atoms with Gasteiger partial charge in [-0.1, -0.05) is 66.2 Å². The van der Waals surface area contributed by atoms with Crippen LogP contribution in [0.3, 0.4) is 0 Å². The lowest BCUT2D eigenvalue weighted by Gasteiger charge is -2.32. The maximum Gasteiger partial charge on any atom is 0.262 e. The molecule has 0 radical (unpaired) electrons. The summed E-state index contributed by atoms with van der Waals surface area (Å²) >= 11 is 5.93. The number of nitrogens with zero attached hydrogens (tertiary/aromatic N) is 1. The van der Waals surface area contributed by atoms with Gasteiger partial charge in [0.2, 0.25) is 0 Å². The van der Waals surface area contributed by atoms with Crippen molar-refractivity contribution >= 4 is 23.3 Å². The largest absolute Gasteiger partial charge is 0.384 e. The summed E-state index contributed by atoms with van der Waals surface area (Å²) in [5, 5.41) is 3.04. The van der Waals surface area contributed by atoms with Gasteiger partial charge in [0, 0.05) is 13.1 Å². The minimum atomic E-state index is -0.531. The molecule has 0 saturated carbocycles. The highest BCUT2D eigenvalue weighted by Gasteiger charge is 2.21. The van der Waals surface area contributed by atoms with Crippen molar-refractivity contribution in [1.29, 1.82) is 0 Å². The van der Waals surface area contributed by atoms with Crippen LogP contribution in [0.5, 0.6) is 0 Å². The van der Waals surface area contributed by atoms with E-state index in [0.29, 0.717) is 12.5 Å². The molecule has 2 heterocycles. The van der Waals surface area contributed by atoms with Crippen LogP contribution in [0.2, 0.25) is 5.02 Å². The fourth-order valence-corrected chi connectivity index (χ4v) is 4.32. The summed E-state index contributed by atoms with van der Waals surface area (Å²) in [6.45, 7) is 3.38. The number of piperidine rings is 1. The maximum atomic E-state index is 12.4. The maximum absolute atomic E-state index is 12.4. The number of carbonyl (C=O) groups excluding carboxylic acids is 1. The molecule has 3 aromatic rings. The number of likely N-dealkylation sites (tertiary alicyclic amines) is 1. The van der Waals surface area contributed by atoms with Crippen LogP contribution in [0.25, 0.3) is 11.1 Å². The molecule has 1 aliphatic rings. The van der Waals surface area contributed by atoms with E-state index in [1.54, 1.807) is 0 Å². The highest BCUT2D eigenvalue weighted by atomic mass is 35.5. The van der Waals surface area contributed by atoms with Crippen LogP contribution in [0.15, 0.2) is 65.5 Å². The summed E-state index contributed by atoms with van der Waals surface area (Å²) in [4.78, 5) is 29.2. The summed E-state index contributed by atoms with van der Waals surface area (Å²) in [5.74, 6) is 0.0182. The van der Waals surface area contributed by atoms with E-state index in [1.807, 2.05) is 6.07 Å². The van der Waals surface area contributed by atoms with E-state index in [0.717, 1.165) is 32.5 Å². The molecular weight excluding hydrogens is 424 g/mol. The number of nitrogens with two attached hydrogens (primary N) is 1. The van der Waals surface area contributed by atoms with E-state index in [1.165, 1.54) is 22.8 Å². The Morgan fingerprint density at radius 1 is 1.09 bits per heavy atom. The molecular formula is C25H27ClN4O2. The van der Waals surface area contributed by atoms with Gasteiger partial charge >= 0.3 is 0 Å². The Morgan fingerprint density at radius 3 is 2.53 bits per heavy atom. The smallest absolute Gasteiger partial charge is 0.262 e. The van der Waals surface area contributed by atoms with Crippen molar-refractivity contribution in [3.05, 3.63) is 87.2 Å². The van der Waals surface area contributed by atoms with Crippen LogP contribution in [0, 0.1) is 5.92 Å². The minimum Gasteiger partial charge on any atom is -0.384 e. The Bertz CT molecular complexity index is 1140. The zero-order valence-corrected chi connectivity index (χ0v) is 18.6. The predicted molar refractivity (Wildman–Crippen MR) is 129 cm³/mol. The summed E-state index contributed by atoms with van der Waals surface area (Å²) < 4.78 is 0. The molecule has 0 atom stereocenters. The van der Waals surface area contributed by atoms with Crippen LogP contribution in [0.1, 0.15) is 28.8 Å². The first kappa shape index (κ1) is 22.1. The van der Waals surface area contributed by atoms with Gasteiger partial charge in [-0.05, 0) is 54.6 Å². The van der Waals surface area contributed by atoms with Crippen LogP contribution in [-0.4, -0.2) is 35.4 Å². The summed E-state index contributed by atoms with van der Waals surface area (Å²) in [6.07, 6.45) is 1.99. The monoisotopic (exact) mass is 450 g/mol. The van der Waals surface area contributed by atoms with E-state index in [2.05, 4.69) is 63.7 Å². The second kappa shape index (κ2) is 10.0. The van der Waals surface area contributed by atoms with Gasteiger partial charge in [0.15, 0.2) is 0 Å². The Kier molecular flexibility index (Phi) is 6.93. The Balaban J connectivity index is 1.31. The lowest BCUT2D eigenvalue weighted by Crippen LogP contribution is -2.39. The topological polar surface area (TPSA) is 91.2 Å². The third-order valence-electron chi connectivity index (χ3n) is 6.02. The van der Waals surface area contributed by atoms with Gasteiger partial charge in [0.1, 0.15) is 11.4 Å². The highest BCUT2D eigenvalue weighted by molar-refractivity contribution is 6.33. The van der Waals surface area contributed by atoms with Crippen molar-refractivity contribution in [2.75, 3.05) is 25.4 Å². The number of rotatable bonds is 6. The molecule has 1 aliphatic heterocycles. The number of pyridine rings is 1. The van der Waals surface area contributed by atoms with Crippen molar-refractivity contribution in [2.45, 2.75) is 19.4 Å². The van der Waals surface area contributed by atoms with Gasteiger partial charge in [-0.25, -0.2) is 0 Å². The normalized spacial score (nSPS) is 14.9. The second-order valence-corrected chi connectivity index (χ2v) is 8.63. The molecule has 6 nitrogen and oxygen atoms in total. The fourth-order valence-electron chi connectivity index (χ4n) is 4.17. The molecule has 1 amide bonds. The zero-order chi connectivity index (χ0) is 22.5. The molecule has 0 aliphatic carbocycles. The second-order valence-electron chi connectivity index (χ2n) is 8.23. The number of halogens is 1. The number of hydrogen-bond donors (Lipinski definition) is 3. The van der Waals surface area contributed by atoms with Crippen molar-refractivity contribution in [2.24, 2.45) is 5.92 Å². The first-order valence-electron chi connectivity index (χ1n) is 10.8. The molecule has 4 N–H and O–H groups in total. The van der Waals surface area contributed by atoms with Gasteiger partial charge in [-0.15, -0.1) is 0 Å².